The first-order valence-corrected chi connectivity index (χ1v) is 9.86. The number of hydrogen-bond acceptors (Lipinski definition) is 5. The van der Waals surface area contributed by atoms with Crippen molar-refractivity contribution in [1.29, 1.82) is 0 Å². The third kappa shape index (κ3) is 3.29. The first kappa shape index (κ1) is 17.6. The SMILES string of the molecule is Cc1ccccc1-n1ccc(C(=O)N[C@H]2CCN(C3=NC=CC4C=CN=C34)C2)n1. The van der Waals surface area contributed by atoms with Crippen molar-refractivity contribution in [2.45, 2.75) is 19.4 Å². The van der Waals surface area contributed by atoms with Crippen LogP contribution in [0.5, 0.6) is 0 Å². The smallest absolute Gasteiger partial charge is 0.272 e. The second kappa shape index (κ2) is 7.16. The van der Waals surface area contributed by atoms with Gasteiger partial charge in [0.15, 0.2) is 11.5 Å². The summed E-state index contributed by atoms with van der Waals surface area (Å²) >= 11 is 0. The van der Waals surface area contributed by atoms with Crippen molar-refractivity contribution in [3.63, 3.8) is 0 Å². The molecule has 0 spiro atoms. The number of aliphatic imine (C=N–C) groups is 2. The second-order valence-corrected chi connectivity index (χ2v) is 7.51. The molecule has 3 aliphatic rings. The molecule has 1 unspecified atom stereocenters. The quantitative estimate of drug-likeness (QED) is 0.881. The van der Waals surface area contributed by atoms with Gasteiger partial charge in [-0.25, -0.2) is 9.67 Å². The van der Waals surface area contributed by atoms with E-state index in [1.165, 1.54) is 0 Å². The van der Waals surface area contributed by atoms with E-state index in [0.717, 1.165) is 42.3 Å². The predicted octanol–water partition coefficient (Wildman–Crippen LogP) is 2.50. The lowest BCUT2D eigenvalue weighted by Gasteiger charge is -2.24. The second-order valence-electron chi connectivity index (χ2n) is 7.51. The van der Waals surface area contributed by atoms with Crippen LogP contribution in [0, 0.1) is 12.8 Å². The summed E-state index contributed by atoms with van der Waals surface area (Å²) in [6, 6.07) is 9.80. The third-order valence-electron chi connectivity index (χ3n) is 5.55. The Kier molecular flexibility index (Phi) is 4.35. The number of hydrogen-bond donors (Lipinski definition) is 1. The summed E-state index contributed by atoms with van der Waals surface area (Å²) in [6.45, 7) is 3.60. The van der Waals surface area contributed by atoms with Crippen molar-refractivity contribution in [3.05, 3.63) is 72.3 Å². The van der Waals surface area contributed by atoms with Crippen molar-refractivity contribution < 1.29 is 4.79 Å². The van der Waals surface area contributed by atoms with Crippen molar-refractivity contribution >= 4 is 17.5 Å². The first-order valence-electron chi connectivity index (χ1n) is 9.86. The number of amidine groups is 1. The van der Waals surface area contributed by atoms with Crippen LogP contribution in [-0.4, -0.2) is 51.3 Å². The van der Waals surface area contributed by atoms with Crippen LogP contribution in [0.15, 0.2) is 71.1 Å². The van der Waals surface area contributed by atoms with Gasteiger partial charge in [-0.15, -0.1) is 0 Å². The van der Waals surface area contributed by atoms with Gasteiger partial charge in [-0.3, -0.25) is 9.79 Å². The van der Waals surface area contributed by atoms with Crippen LogP contribution in [-0.2, 0) is 0 Å². The number of fused-ring (bicyclic) bond motifs is 1. The minimum Gasteiger partial charge on any atom is -0.353 e. The number of para-hydroxylation sites is 1. The van der Waals surface area contributed by atoms with Crippen molar-refractivity contribution in [2.24, 2.45) is 15.9 Å². The summed E-state index contributed by atoms with van der Waals surface area (Å²) in [7, 11) is 0. The number of amides is 1. The average molecular weight is 386 g/mol. The van der Waals surface area contributed by atoms with Crippen LogP contribution in [0.2, 0.25) is 0 Å². The van der Waals surface area contributed by atoms with E-state index >= 15 is 0 Å². The number of nitrogens with one attached hydrogen (secondary N) is 1. The van der Waals surface area contributed by atoms with Crippen LogP contribution in [0.25, 0.3) is 5.69 Å². The number of aryl methyl sites for hydroxylation is 1. The fourth-order valence-electron chi connectivity index (χ4n) is 4.00. The van der Waals surface area contributed by atoms with E-state index in [-0.39, 0.29) is 17.9 Å². The Morgan fingerprint density at radius 2 is 1.97 bits per heavy atom. The zero-order chi connectivity index (χ0) is 19.8. The van der Waals surface area contributed by atoms with Gasteiger partial charge in [0.05, 0.1) is 11.4 Å². The van der Waals surface area contributed by atoms with Crippen LogP contribution < -0.4 is 5.32 Å². The summed E-state index contributed by atoms with van der Waals surface area (Å²) < 4.78 is 1.75. The highest BCUT2D eigenvalue weighted by Gasteiger charge is 2.32. The van der Waals surface area contributed by atoms with Crippen LogP contribution in [0.3, 0.4) is 0 Å². The lowest BCUT2D eigenvalue weighted by molar-refractivity contribution is 0.0933. The Labute approximate surface area is 169 Å². The summed E-state index contributed by atoms with van der Waals surface area (Å²) in [5, 5.41) is 7.58. The van der Waals surface area contributed by atoms with Gasteiger partial charge in [-0.05, 0) is 31.0 Å². The maximum atomic E-state index is 12.7. The molecule has 7 heteroatoms. The molecule has 1 N–H and O–H groups in total. The normalized spacial score (nSPS) is 22.4. The molecule has 0 bridgehead atoms. The number of allylic oxidation sites excluding steroid dienone is 2. The lowest BCUT2D eigenvalue weighted by atomic mass is 10.0. The number of carbonyl (C=O) groups is 1. The van der Waals surface area contributed by atoms with E-state index in [0.29, 0.717) is 5.69 Å². The third-order valence-corrected chi connectivity index (χ3v) is 5.55. The number of rotatable bonds is 3. The summed E-state index contributed by atoms with van der Waals surface area (Å²) in [6.07, 6.45) is 10.5. The molecule has 0 radical (unpaired) electrons. The highest BCUT2D eigenvalue weighted by molar-refractivity contribution is 6.44. The van der Waals surface area contributed by atoms with Gasteiger partial charge in [0.25, 0.3) is 5.91 Å². The van der Waals surface area contributed by atoms with E-state index in [1.54, 1.807) is 10.7 Å². The Hall–Kier alpha value is -3.48. The molecule has 146 valence electrons. The molecule has 1 aromatic carbocycles. The summed E-state index contributed by atoms with van der Waals surface area (Å²) in [4.78, 5) is 23.9. The number of likely N-dealkylation sites (tertiary alicyclic amines) is 1. The molecular weight excluding hydrogens is 364 g/mol. The molecule has 1 saturated heterocycles. The average Bonchev–Trinajstić information content (AvgIpc) is 3.48. The van der Waals surface area contributed by atoms with Crippen LogP contribution in [0.1, 0.15) is 22.5 Å². The number of benzene rings is 1. The minimum absolute atomic E-state index is 0.0631. The molecular formula is C22H22N6O. The highest BCUT2D eigenvalue weighted by atomic mass is 16.2. The van der Waals surface area contributed by atoms with E-state index in [2.05, 4.69) is 31.4 Å². The summed E-state index contributed by atoms with van der Waals surface area (Å²) in [5.74, 6) is 0.997. The first-order chi connectivity index (χ1) is 14.2. The van der Waals surface area contributed by atoms with E-state index in [9.17, 15) is 4.79 Å². The van der Waals surface area contributed by atoms with Gasteiger partial charge in [0.2, 0.25) is 0 Å². The van der Waals surface area contributed by atoms with Crippen LogP contribution >= 0.6 is 0 Å². The number of aromatic nitrogens is 2. The Balaban J connectivity index is 1.24. The molecule has 4 heterocycles. The lowest BCUT2D eigenvalue weighted by Crippen LogP contribution is -2.42. The molecule has 0 saturated carbocycles. The van der Waals surface area contributed by atoms with Gasteiger partial charge < -0.3 is 10.2 Å². The number of nitrogens with zero attached hydrogens (tertiary/aromatic N) is 5. The molecule has 1 amide bonds. The fourth-order valence-corrected chi connectivity index (χ4v) is 4.00. The van der Waals surface area contributed by atoms with E-state index in [1.807, 2.05) is 55.9 Å². The molecule has 5 rings (SSSR count). The van der Waals surface area contributed by atoms with Gasteiger partial charge in [-0.1, -0.05) is 30.4 Å². The van der Waals surface area contributed by atoms with Gasteiger partial charge >= 0.3 is 0 Å². The van der Waals surface area contributed by atoms with Gasteiger partial charge in [0.1, 0.15) is 0 Å². The number of carbonyl (C=O) groups excluding carboxylic acids is 1. The molecule has 0 aliphatic carbocycles. The Morgan fingerprint density at radius 3 is 2.83 bits per heavy atom. The molecule has 7 nitrogen and oxygen atoms in total. The predicted molar refractivity (Wildman–Crippen MR) is 112 cm³/mol. The maximum Gasteiger partial charge on any atom is 0.272 e. The maximum absolute atomic E-state index is 12.7. The zero-order valence-corrected chi connectivity index (χ0v) is 16.2. The Morgan fingerprint density at radius 1 is 1.14 bits per heavy atom. The topological polar surface area (TPSA) is 74.9 Å². The fraction of sp³-hybridized carbons (Fsp3) is 0.273. The zero-order valence-electron chi connectivity index (χ0n) is 16.2. The Bertz CT molecular complexity index is 1080. The van der Waals surface area contributed by atoms with E-state index in [4.69, 9.17) is 0 Å². The minimum atomic E-state index is -0.146. The van der Waals surface area contributed by atoms with E-state index < -0.39 is 0 Å². The molecule has 1 aromatic heterocycles. The van der Waals surface area contributed by atoms with Gasteiger partial charge in [-0.2, -0.15) is 5.10 Å². The molecule has 1 fully saturated rings. The standard InChI is InChI=1S/C22H22N6O/c1-15-4-2-3-5-19(15)28-13-9-18(26-28)22(29)25-17-8-12-27(14-17)21-20-16(6-10-23-20)7-11-24-21/h2-7,9-11,13,16-17H,8,12,14H2,1H3,(H,25,29)/t16?,17-/m0/s1. The van der Waals surface area contributed by atoms with Crippen molar-refractivity contribution in [1.82, 2.24) is 20.0 Å². The molecule has 2 aromatic rings. The molecule has 2 atom stereocenters. The van der Waals surface area contributed by atoms with Gasteiger partial charge in [0, 0.05) is 43.6 Å². The van der Waals surface area contributed by atoms with Crippen molar-refractivity contribution in [3.8, 4) is 5.69 Å². The summed E-state index contributed by atoms with van der Waals surface area (Å²) in [5.41, 5.74) is 3.51. The van der Waals surface area contributed by atoms with Crippen molar-refractivity contribution in [2.75, 3.05) is 13.1 Å². The highest BCUT2D eigenvalue weighted by Crippen LogP contribution is 2.22. The molecule has 3 aliphatic heterocycles. The largest absolute Gasteiger partial charge is 0.353 e. The molecule has 29 heavy (non-hydrogen) atoms. The van der Waals surface area contributed by atoms with Crippen LogP contribution in [0.4, 0.5) is 0 Å². The monoisotopic (exact) mass is 386 g/mol.